The summed E-state index contributed by atoms with van der Waals surface area (Å²) in [6.45, 7) is 2.37. The normalized spacial score (nSPS) is 31.0. The number of fused-ring (bicyclic) bond motifs is 1. The first-order valence-corrected chi connectivity index (χ1v) is 8.45. The van der Waals surface area contributed by atoms with Gasteiger partial charge in [-0.3, -0.25) is 0 Å². The SMILES string of the molecule is CC1CCC(N(C)c2nc3c(s2)CCCC3N)CC1. The molecular weight excluding hydrogens is 254 g/mol. The average molecular weight is 279 g/mol. The largest absolute Gasteiger partial charge is 0.348 e. The third-order valence-electron chi connectivity index (χ3n) is 4.82. The number of anilines is 1. The summed E-state index contributed by atoms with van der Waals surface area (Å²) in [7, 11) is 2.22. The summed E-state index contributed by atoms with van der Waals surface area (Å²) in [6, 6.07) is 0.855. The third kappa shape index (κ3) is 2.65. The summed E-state index contributed by atoms with van der Waals surface area (Å²) in [5, 5.41) is 1.20. The van der Waals surface area contributed by atoms with Crippen LogP contribution in [-0.4, -0.2) is 18.1 Å². The minimum Gasteiger partial charge on any atom is -0.348 e. The predicted molar refractivity (Wildman–Crippen MR) is 81.8 cm³/mol. The molecule has 2 aliphatic rings. The zero-order chi connectivity index (χ0) is 13.4. The lowest BCUT2D eigenvalue weighted by molar-refractivity contribution is 0.340. The predicted octanol–water partition coefficient (Wildman–Crippen LogP) is 3.49. The van der Waals surface area contributed by atoms with Crippen molar-refractivity contribution in [3.05, 3.63) is 10.6 Å². The molecule has 0 aromatic carbocycles. The van der Waals surface area contributed by atoms with Crippen LogP contribution in [-0.2, 0) is 6.42 Å². The van der Waals surface area contributed by atoms with Crippen molar-refractivity contribution < 1.29 is 0 Å². The van der Waals surface area contributed by atoms with Crippen molar-refractivity contribution in [1.29, 1.82) is 0 Å². The van der Waals surface area contributed by atoms with Gasteiger partial charge >= 0.3 is 0 Å². The van der Waals surface area contributed by atoms with Crippen LogP contribution in [0.2, 0.25) is 0 Å². The van der Waals surface area contributed by atoms with Crippen LogP contribution >= 0.6 is 11.3 Å². The lowest BCUT2D eigenvalue weighted by Crippen LogP contribution is -2.34. The molecule has 0 amide bonds. The zero-order valence-electron chi connectivity index (χ0n) is 12.1. The molecule has 1 atom stereocenters. The maximum atomic E-state index is 6.18. The molecule has 2 N–H and O–H groups in total. The highest BCUT2D eigenvalue weighted by molar-refractivity contribution is 7.15. The average Bonchev–Trinajstić information content (AvgIpc) is 2.84. The molecule has 0 bridgehead atoms. The van der Waals surface area contributed by atoms with E-state index in [1.165, 1.54) is 54.2 Å². The lowest BCUT2D eigenvalue weighted by Gasteiger charge is -2.33. The van der Waals surface area contributed by atoms with E-state index in [2.05, 4.69) is 18.9 Å². The van der Waals surface area contributed by atoms with E-state index >= 15 is 0 Å². The molecule has 106 valence electrons. The van der Waals surface area contributed by atoms with Gasteiger partial charge in [-0.25, -0.2) is 4.98 Å². The number of hydrogen-bond acceptors (Lipinski definition) is 4. The number of aryl methyl sites for hydroxylation is 1. The van der Waals surface area contributed by atoms with Gasteiger partial charge in [-0.1, -0.05) is 6.92 Å². The Morgan fingerprint density at radius 1 is 1.21 bits per heavy atom. The van der Waals surface area contributed by atoms with Gasteiger partial charge in [-0.15, -0.1) is 11.3 Å². The molecule has 0 radical (unpaired) electrons. The molecule has 2 aliphatic carbocycles. The van der Waals surface area contributed by atoms with E-state index in [1.807, 2.05) is 11.3 Å². The fourth-order valence-electron chi connectivity index (χ4n) is 3.38. The Labute approximate surface area is 120 Å². The highest BCUT2D eigenvalue weighted by atomic mass is 32.1. The van der Waals surface area contributed by atoms with Gasteiger partial charge in [0.05, 0.1) is 5.69 Å². The first-order chi connectivity index (χ1) is 9.15. The fourth-order valence-corrected chi connectivity index (χ4v) is 4.58. The second-order valence-corrected chi connectivity index (χ2v) is 7.39. The summed E-state index contributed by atoms with van der Waals surface area (Å²) in [5.41, 5.74) is 7.36. The molecule has 4 heteroatoms. The summed E-state index contributed by atoms with van der Waals surface area (Å²) < 4.78 is 0. The summed E-state index contributed by atoms with van der Waals surface area (Å²) in [4.78, 5) is 8.70. The van der Waals surface area contributed by atoms with Gasteiger partial charge in [0.1, 0.15) is 0 Å². The van der Waals surface area contributed by atoms with Gasteiger partial charge in [-0.2, -0.15) is 0 Å². The second kappa shape index (κ2) is 5.41. The Kier molecular flexibility index (Phi) is 3.81. The van der Waals surface area contributed by atoms with Crippen LogP contribution in [0.25, 0.3) is 0 Å². The second-order valence-electron chi connectivity index (χ2n) is 6.33. The van der Waals surface area contributed by atoms with Gasteiger partial charge in [0, 0.05) is 24.0 Å². The fraction of sp³-hybridized carbons (Fsp3) is 0.800. The maximum Gasteiger partial charge on any atom is 0.185 e. The number of nitrogens with zero attached hydrogens (tertiary/aromatic N) is 2. The summed E-state index contributed by atoms with van der Waals surface area (Å²) in [6.07, 6.45) is 8.85. The van der Waals surface area contributed by atoms with E-state index < -0.39 is 0 Å². The Morgan fingerprint density at radius 2 is 1.95 bits per heavy atom. The molecular formula is C15H25N3S. The van der Waals surface area contributed by atoms with Gasteiger partial charge in [-0.05, 0) is 50.9 Å². The quantitative estimate of drug-likeness (QED) is 0.901. The van der Waals surface area contributed by atoms with Crippen molar-refractivity contribution in [2.45, 2.75) is 64.0 Å². The Morgan fingerprint density at radius 3 is 2.63 bits per heavy atom. The summed E-state index contributed by atoms with van der Waals surface area (Å²) in [5.74, 6) is 0.905. The van der Waals surface area contributed by atoms with Crippen LogP contribution in [0.5, 0.6) is 0 Å². The van der Waals surface area contributed by atoms with Crippen LogP contribution in [0.1, 0.15) is 62.1 Å². The van der Waals surface area contributed by atoms with Crippen molar-refractivity contribution in [3.63, 3.8) is 0 Å². The van der Waals surface area contributed by atoms with Gasteiger partial charge < -0.3 is 10.6 Å². The molecule has 1 fully saturated rings. The molecule has 3 rings (SSSR count). The molecule has 1 heterocycles. The molecule has 0 saturated heterocycles. The maximum absolute atomic E-state index is 6.18. The van der Waals surface area contributed by atoms with Crippen molar-refractivity contribution in [2.24, 2.45) is 11.7 Å². The molecule has 1 aromatic heterocycles. The number of thiazole rings is 1. The van der Waals surface area contributed by atoms with Crippen LogP contribution in [0.15, 0.2) is 0 Å². The highest BCUT2D eigenvalue weighted by Gasteiger charge is 2.27. The van der Waals surface area contributed by atoms with Crippen LogP contribution in [0, 0.1) is 5.92 Å². The van der Waals surface area contributed by atoms with Crippen molar-refractivity contribution in [3.8, 4) is 0 Å². The van der Waals surface area contributed by atoms with Crippen LogP contribution < -0.4 is 10.6 Å². The number of hydrogen-bond donors (Lipinski definition) is 1. The number of aromatic nitrogens is 1. The smallest absolute Gasteiger partial charge is 0.185 e. The summed E-state index contributed by atoms with van der Waals surface area (Å²) >= 11 is 1.88. The Balaban J connectivity index is 1.75. The van der Waals surface area contributed by atoms with E-state index in [4.69, 9.17) is 10.7 Å². The Bertz CT molecular complexity index is 435. The van der Waals surface area contributed by atoms with E-state index in [1.54, 1.807) is 0 Å². The monoisotopic (exact) mass is 279 g/mol. The van der Waals surface area contributed by atoms with Gasteiger partial charge in [0.2, 0.25) is 0 Å². The molecule has 1 unspecified atom stereocenters. The van der Waals surface area contributed by atoms with Crippen molar-refractivity contribution >= 4 is 16.5 Å². The van der Waals surface area contributed by atoms with Crippen LogP contribution in [0.4, 0.5) is 5.13 Å². The van der Waals surface area contributed by atoms with Crippen molar-refractivity contribution in [1.82, 2.24) is 4.98 Å². The standard InChI is InChI=1S/C15H25N3S/c1-10-6-8-11(9-7-10)18(2)15-17-14-12(16)4-3-5-13(14)19-15/h10-12H,3-9,16H2,1-2H3. The zero-order valence-corrected chi connectivity index (χ0v) is 12.9. The molecule has 3 nitrogen and oxygen atoms in total. The minimum absolute atomic E-state index is 0.175. The van der Waals surface area contributed by atoms with E-state index in [9.17, 15) is 0 Å². The topological polar surface area (TPSA) is 42.2 Å². The molecule has 1 aromatic rings. The third-order valence-corrected chi connectivity index (χ3v) is 6.04. The van der Waals surface area contributed by atoms with Gasteiger partial charge in [0.15, 0.2) is 5.13 Å². The number of rotatable bonds is 2. The van der Waals surface area contributed by atoms with Gasteiger partial charge in [0.25, 0.3) is 0 Å². The first-order valence-electron chi connectivity index (χ1n) is 7.63. The Hall–Kier alpha value is -0.610. The number of nitrogens with two attached hydrogens (primary N) is 1. The molecule has 1 saturated carbocycles. The molecule has 0 aliphatic heterocycles. The minimum atomic E-state index is 0.175. The van der Waals surface area contributed by atoms with E-state index in [0.717, 1.165) is 12.3 Å². The molecule has 19 heavy (non-hydrogen) atoms. The van der Waals surface area contributed by atoms with E-state index in [0.29, 0.717) is 6.04 Å². The molecule has 0 spiro atoms. The van der Waals surface area contributed by atoms with E-state index in [-0.39, 0.29) is 6.04 Å². The first kappa shape index (κ1) is 13.4. The lowest BCUT2D eigenvalue weighted by atomic mass is 9.87. The van der Waals surface area contributed by atoms with Crippen molar-refractivity contribution in [2.75, 3.05) is 11.9 Å². The van der Waals surface area contributed by atoms with Crippen LogP contribution in [0.3, 0.4) is 0 Å². The highest BCUT2D eigenvalue weighted by Crippen LogP contribution is 2.37.